The highest BCUT2D eigenvalue weighted by atomic mass is 127. The second-order valence-corrected chi connectivity index (χ2v) is 5.02. The Morgan fingerprint density at radius 1 is 1.58 bits per heavy atom. The van der Waals surface area contributed by atoms with Gasteiger partial charge in [-0.2, -0.15) is 0 Å². The first-order valence-corrected chi connectivity index (χ1v) is 5.60. The van der Waals surface area contributed by atoms with Crippen LogP contribution in [0.2, 0.25) is 0 Å². The van der Waals surface area contributed by atoms with Crippen LogP contribution in [0.4, 0.5) is 0 Å². The van der Waals surface area contributed by atoms with Crippen molar-refractivity contribution in [1.82, 2.24) is 4.98 Å². The van der Waals surface area contributed by atoms with Crippen molar-refractivity contribution in [3.8, 4) is 0 Å². The Hall–Kier alpha value is -0.120. The van der Waals surface area contributed by atoms with Crippen LogP contribution in [0.1, 0.15) is 30.4 Å². The fraction of sp³-hybridized carbons (Fsp3) is 0.500. The number of rotatable bonds is 0. The van der Waals surface area contributed by atoms with Gasteiger partial charge in [-0.3, -0.25) is 4.98 Å². The zero-order chi connectivity index (χ0) is 8.55. The minimum atomic E-state index is 0.683. The van der Waals surface area contributed by atoms with Crippen molar-refractivity contribution in [2.24, 2.45) is 0 Å². The molecule has 0 aliphatic heterocycles. The number of hydrogen-bond acceptors (Lipinski definition) is 1. The van der Waals surface area contributed by atoms with Crippen LogP contribution in [-0.4, -0.2) is 8.91 Å². The Balaban J connectivity index is 2.42. The maximum absolute atomic E-state index is 4.18. The molecule has 1 aromatic rings. The van der Waals surface area contributed by atoms with Crippen molar-refractivity contribution < 1.29 is 0 Å². The summed E-state index contributed by atoms with van der Waals surface area (Å²) < 4.78 is 0.791. The van der Waals surface area contributed by atoms with Crippen molar-refractivity contribution in [1.29, 1.82) is 0 Å². The molecule has 2 rings (SSSR count). The number of nitrogens with zero attached hydrogens (tertiary/aromatic N) is 1. The predicted molar refractivity (Wildman–Crippen MR) is 58.8 cm³/mol. The molecule has 2 unspecified atom stereocenters. The third kappa shape index (κ3) is 1.37. The lowest BCUT2D eigenvalue weighted by molar-refractivity contribution is 0.622. The summed E-state index contributed by atoms with van der Waals surface area (Å²) in [6.07, 6.45) is 6.48. The number of aromatic nitrogens is 1. The molecular weight excluding hydrogens is 261 g/mol. The highest BCUT2D eigenvalue weighted by molar-refractivity contribution is 14.1. The summed E-state index contributed by atoms with van der Waals surface area (Å²) in [4.78, 5) is 4.18. The quantitative estimate of drug-likeness (QED) is 0.523. The van der Waals surface area contributed by atoms with Crippen LogP contribution in [0, 0.1) is 0 Å². The lowest BCUT2D eigenvalue weighted by atomic mass is 9.85. The standard InChI is InChI=1S/C10H12IN/c1-7-9-6-12-5-4-8(9)2-3-10(7)11/h4-7,10H,2-3H2,1H3. The van der Waals surface area contributed by atoms with Crippen molar-refractivity contribution in [2.75, 3.05) is 0 Å². The summed E-state index contributed by atoms with van der Waals surface area (Å²) in [7, 11) is 0. The molecular formula is C10H12IN. The van der Waals surface area contributed by atoms with E-state index < -0.39 is 0 Å². The fourth-order valence-electron chi connectivity index (χ4n) is 1.81. The molecule has 0 saturated carbocycles. The van der Waals surface area contributed by atoms with E-state index in [2.05, 4.69) is 40.6 Å². The van der Waals surface area contributed by atoms with Gasteiger partial charge in [0.15, 0.2) is 0 Å². The molecule has 0 N–H and O–H groups in total. The number of alkyl halides is 1. The van der Waals surface area contributed by atoms with E-state index in [-0.39, 0.29) is 0 Å². The van der Waals surface area contributed by atoms with E-state index in [4.69, 9.17) is 0 Å². The smallest absolute Gasteiger partial charge is 0.0305 e. The van der Waals surface area contributed by atoms with Crippen LogP contribution in [0.15, 0.2) is 18.5 Å². The molecule has 12 heavy (non-hydrogen) atoms. The molecule has 1 aliphatic rings. The SMILES string of the molecule is CC1c2cnccc2CCC1I. The maximum atomic E-state index is 4.18. The predicted octanol–water partition coefficient (Wildman–Crippen LogP) is 2.93. The third-order valence-electron chi connectivity index (χ3n) is 2.67. The zero-order valence-electron chi connectivity index (χ0n) is 7.13. The van der Waals surface area contributed by atoms with Gasteiger partial charge in [-0.1, -0.05) is 29.5 Å². The number of hydrogen-bond donors (Lipinski definition) is 0. The summed E-state index contributed by atoms with van der Waals surface area (Å²) in [6, 6.07) is 2.16. The minimum absolute atomic E-state index is 0.683. The second-order valence-electron chi connectivity index (χ2n) is 3.42. The molecule has 1 heterocycles. The minimum Gasteiger partial charge on any atom is -0.264 e. The van der Waals surface area contributed by atoms with Crippen molar-refractivity contribution >= 4 is 22.6 Å². The van der Waals surface area contributed by atoms with Gasteiger partial charge in [0.1, 0.15) is 0 Å². The van der Waals surface area contributed by atoms with Crippen molar-refractivity contribution in [2.45, 2.75) is 29.6 Å². The lowest BCUT2D eigenvalue weighted by Crippen LogP contribution is -2.18. The molecule has 0 fully saturated rings. The summed E-state index contributed by atoms with van der Waals surface area (Å²) in [5, 5.41) is 0. The van der Waals surface area contributed by atoms with E-state index in [1.807, 2.05) is 12.4 Å². The van der Waals surface area contributed by atoms with Crippen LogP contribution in [-0.2, 0) is 6.42 Å². The van der Waals surface area contributed by atoms with Crippen molar-refractivity contribution in [3.63, 3.8) is 0 Å². The monoisotopic (exact) mass is 273 g/mol. The number of aryl methyl sites for hydroxylation is 1. The summed E-state index contributed by atoms with van der Waals surface area (Å²) in [5.41, 5.74) is 2.97. The molecule has 0 saturated heterocycles. The Morgan fingerprint density at radius 3 is 3.25 bits per heavy atom. The molecule has 1 aliphatic carbocycles. The van der Waals surface area contributed by atoms with Gasteiger partial charge in [0, 0.05) is 16.3 Å². The van der Waals surface area contributed by atoms with Gasteiger partial charge in [-0.25, -0.2) is 0 Å². The molecule has 0 bridgehead atoms. The van der Waals surface area contributed by atoms with Gasteiger partial charge in [0.05, 0.1) is 0 Å². The molecule has 1 aromatic heterocycles. The molecule has 2 atom stereocenters. The fourth-order valence-corrected chi connectivity index (χ4v) is 2.51. The third-order valence-corrected chi connectivity index (χ3v) is 4.37. The van der Waals surface area contributed by atoms with Gasteiger partial charge in [-0.05, 0) is 36.0 Å². The first-order valence-electron chi connectivity index (χ1n) is 4.36. The molecule has 64 valence electrons. The number of fused-ring (bicyclic) bond motifs is 1. The Morgan fingerprint density at radius 2 is 2.42 bits per heavy atom. The van der Waals surface area contributed by atoms with Gasteiger partial charge < -0.3 is 0 Å². The first-order chi connectivity index (χ1) is 5.79. The molecule has 2 heteroatoms. The lowest BCUT2D eigenvalue weighted by Gasteiger charge is -2.26. The highest BCUT2D eigenvalue weighted by Crippen LogP contribution is 2.34. The van der Waals surface area contributed by atoms with Gasteiger partial charge in [0.2, 0.25) is 0 Å². The average molecular weight is 273 g/mol. The van der Waals surface area contributed by atoms with E-state index in [0.29, 0.717) is 5.92 Å². The summed E-state index contributed by atoms with van der Waals surface area (Å²) in [5.74, 6) is 0.683. The molecule has 0 radical (unpaired) electrons. The van der Waals surface area contributed by atoms with Gasteiger partial charge >= 0.3 is 0 Å². The topological polar surface area (TPSA) is 12.9 Å². The molecule has 0 aromatic carbocycles. The van der Waals surface area contributed by atoms with E-state index in [1.54, 1.807) is 0 Å². The summed E-state index contributed by atoms with van der Waals surface area (Å²) >= 11 is 2.55. The van der Waals surface area contributed by atoms with Crippen LogP contribution >= 0.6 is 22.6 Å². The summed E-state index contributed by atoms with van der Waals surface area (Å²) in [6.45, 7) is 2.30. The average Bonchev–Trinajstić information content (AvgIpc) is 2.12. The van der Waals surface area contributed by atoms with E-state index in [0.717, 1.165) is 3.92 Å². The van der Waals surface area contributed by atoms with E-state index in [9.17, 15) is 0 Å². The van der Waals surface area contributed by atoms with E-state index in [1.165, 1.54) is 24.0 Å². The maximum Gasteiger partial charge on any atom is 0.0305 e. The second kappa shape index (κ2) is 3.32. The van der Waals surface area contributed by atoms with Crippen molar-refractivity contribution in [3.05, 3.63) is 29.6 Å². The molecule has 1 nitrogen and oxygen atoms in total. The van der Waals surface area contributed by atoms with Crippen LogP contribution in [0.5, 0.6) is 0 Å². The Bertz CT molecular complexity index is 285. The zero-order valence-corrected chi connectivity index (χ0v) is 9.28. The Kier molecular flexibility index (Phi) is 2.35. The first kappa shape index (κ1) is 8.48. The number of pyridine rings is 1. The van der Waals surface area contributed by atoms with Crippen LogP contribution < -0.4 is 0 Å². The van der Waals surface area contributed by atoms with Crippen LogP contribution in [0.3, 0.4) is 0 Å². The molecule has 0 amide bonds. The van der Waals surface area contributed by atoms with Gasteiger partial charge in [0.25, 0.3) is 0 Å². The normalized spacial score (nSPS) is 28.2. The van der Waals surface area contributed by atoms with Gasteiger partial charge in [-0.15, -0.1) is 0 Å². The highest BCUT2D eigenvalue weighted by Gasteiger charge is 2.23. The Labute approximate surface area is 86.7 Å². The molecule has 0 spiro atoms. The van der Waals surface area contributed by atoms with Crippen LogP contribution in [0.25, 0.3) is 0 Å². The number of halogens is 1. The van der Waals surface area contributed by atoms with E-state index >= 15 is 0 Å². The largest absolute Gasteiger partial charge is 0.264 e.